The standard InChI is InChI=1S/C28H42N4O4/c1-7-31(8-2)20-12-10-19(11-13-20)30-27(35)25-22-14-9-18(5)23(26(34)29-6)24(22)28(36)32(25)21(16-33)15-17(3)4/h9-14,17-18,21-25,33H,7-8,15-16H2,1-6H3,(H,29,34)(H,30,35)/t18-,21-,22+,23-,24-,25+/m1/s1. The molecule has 3 amide bonds. The van der Waals surface area contributed by atoms with Crippen LogP contribution in [-0.4, -0.2) is 66.6 Å². The zero-order valence-corrected chi connectivity index (χ0v) is 22.4. The summed E-state index contributed by atoms with van der Waals surface area (Å²) in [7, 11) is 1.57. The molecule has 8 heteroatoms. The average Bonchev–Trinajstić information content (AvgIpc) is 3.15. The van der Waals surface area contributed by atoms with Gasteiger partial charge < -0.3 is 25.5 Å². The summed E-state index contributed by atoms with van der Waals surface area (Å²) in [6.45, 7) is 11.7. The molecule has 1 aliphatic heterocycles. The number of hydrogen-bond acceptors (Lipinski definition) is 5. The van der Waals surface area contributed by atoms with Crippen LogP contribution in [0.2, 0.25) is 0 Å². The van der Waals surface area contributed by atoms with Crippen LogP contribution in [0.3, 0.4) is 0 Å². The first-order valence-corrected chi connectivity index (χ1v) is 13.2. The number of rotatable bonds is 10. The number of anilines is 2. The van der Waals surface area contributed by atoms with Crippen molar-refractivity contribution in [2.45, 2.75) is 53.1 Å². The lowest BCUT2D eigenvalue weighted by Gasteiger charge is -2.34. The summed E-state index contributed by atoms with van der Waals surface area (Å²) < 4.78 is 0. The predicted molar refractivity (Wildman–Crippen MR) is 142 cm³/mol. The molecule has 8 nitrogen and oxygen atoms in total. The first kappa shape index (κ1) is 27.7. The van der Waals surface area contributed by atoms with Gasteiger partial charge in [0.2, 0.25) is 17.7 Å². The van der Waals surface area contributed by atoms with E-state index in [9.17, 15) is 19.5 Å². The highest BCUT2D eigenvalue weighted by atomic mass is 16.3. The van der Waals surface area contributed by atoms with E-state index in [1.165, 1.54) is 0 Å². The molecule has 2 aliphatic rings. The Labute approximate surface area is 215 Å². The number of carbonyl (C=O) groups excluding carboxylic acids is 3. The molecule has 3 N–H and O–H groups in total. The molecule has 3 rings (SSSR count). The number of benzene rings is 1. The highest BCUT2D eigenvalue weighted by Gasteiger charge is 2.58. The van der Waals surface area contributed by atoms with Crippen LogP contribution < -0.4 is 15.5 Å². The van der Waals surface area contributed by atoms with Gasteiger partial charge >= 0.3 is 0 Å². The van der Waals surface area contributed by atoms with Crippen LogP contribution >= 0.6 is 0 Å². The van der Waals surface area contributed by atoms with Gasteiger partial charge in [0, 0.05) is 37.4 Å². The summed E-state index contributed by atoms with van der Waals surface area (Å²) >= 11 is 0. The van der Waals surface area contributed by atoms with Crippen LogP contribution in [0.25, 0.3) is 0 Å². The molecule has 36 heavy (non-hydrogen) atoms. The number of likely N-dealkylation sites (tertiary alicyclic amines) is 1. The Morgan fingerprint density at radius 3 is 2.25 bits per heavy atom. The maximum absolute atomic E-state index is 13.9. The van der Waals surface area contributed by atoms with E-state index in [0.29, 0.717) is 12.1 Å². The molecule has 0 saturated carbocycles. The van der Waals surface area contributed by atoms with E-state index in [1.54, 1.807) is 11.9 Å². The molecule has 0 bridgehead atoms. The number of nitrogens with one attached hydrogen (secondary N) is 2. The lowest BCUT2D eigenvalue weighted by Crippen LogP contribution is -2.51. The van der Waals surface area contributed by atoms with Crippen LogP contribution in [0.15, 0.2) is 36.4 Å². The maximum atomic E-state index is 13.9. The van der Waals surface area contributed by atoms with Crippen molar-refractivity contribution in [1.82, 2.24) is 10.2 Å². The van der Waals surface area contributed by atoms with Crippen LogP contribution in [0.4, 0.5) is 11.4 Å². The van der Waals surface area contributed by atoms with Crippen molar-refractivity contribution in [1.29, 1.82) is 0 Å². The number of aliphatic hydroxyl groups excluding tert-OH is 1. The molecule has 1 aliphatic carbocycles. The summed E-state index contributed by atoms with van der Waals surface area (Å²) in [5.74, 6) is -2.32. The maximum Gasteiger partial charge on any atom is 0.247 e. The number of nitrogens with zero attached hydrogens (tertiary/aromatic N) is 2. The molecular formula is C28H42N4O4. The molecule has 1 aromatic rings. The molecule has 6 atom stereocenters. The fourth-order valence-corrected chi connectivity index (χ4v) is 5.88. The molecule has 0 aromatic heterocycles. The van der Waals surface area contributed by atoms with Crippen molar-refractivity contribution >= 4 is 29.1 Å². The van der Waals surface area contributed by atoms with Crippen molar-refractivity contribution in [3.05, 3.63) is 36.4 Å². The molecule has 0 spiro atoms. The van der Waals surface area contributed by atoms with E-state index < -0.39 is 29.8 Å². The smallest absolute Gasteiger partial charge is 0.247 e. The largest absolute Gasteiger partial charge is 0.394 e. The highest BCUT2D eigenvalue weighted by molar-refractivity contribution is 6.02. The molecule has 0 unspecified atom stereocenters. The first-order chi connectivity index (χ1) is 17.2. The summed E-state index contributed by atoms with van der Waals surface area (Å²) in [5.41, 5.74) is 1.72. The normalized spacial score (nSPS) is 26.1. The molecule has 198 valence electrons. The third-order valence-electron chi connectivity index (χ3n) is 7.64. The fraction of sp³-hybridized carbons (Fsp3) is 0.607. The Morgan fingerprint density at radius 2 is 1.72 bits per heavy atom. The molecule has 1 saturated heterocycles. The van der Waals surface area contributed by atoms with E-state index in [-0.39, 0.29) is 36.2 Å². The van der Waals surface area contributed by atoms with Gasteiger partial charge in [-0.1, -0.05) is 32.9 Å². The van der Waals surface area contributed by atoms with Crippen LogP contribution in [-0.2, 0) is 14.4 Å². The Hall–Kier alpha value is -2.87. The third kappa shape index (κ3) is 5.43. The number of fused-ring (bicyclic) bond motifs is 1. The highest BCUT2D eigenvalue weighted by Crippen LogP contribution is 2.45. The van der Waals surface area contributed by atoms with Crippen LogP contribution in [0.1, 0.15) is 41.0 Å². The van der Waals surface area contributed by atoms with Crippen molar-refractivity contribution in [2.75, 3.05) is 37.0 Å². The van der Waals surface area contributed by atoms with Gasteiger partial charge in [-0.3, -0.25) is 14.4 Å². The second-order valence-corrected chi connectivity index (χ2v) is 10.4. The Balaban J connectivity index is 1.96. The van der Waals surface area contributed by atoms with Crippen molar-refractivity contribution < 1.29 is 19.5 Å². The topological polar surface area (TPSA) is 102 Å². The van der Waals surface area contributed by atoms with Gasteiger partial charge in [0.15, 0.2) is 0 Å². The summed E-state index contributed by atoms with van der Waals surface area (Å²) in [6, 6.07) is 6.38. The molecule has 0 radical (unpaired) electrons. The SMILES string of the molecule is CCN(CC)c1ccc(NC(=O)[C@@H]2[C@H]3C=C[C@@H](C)[C@@H](C(=O)NC)[C@@H]3C(=O)N2[C@@H](CO)CC(C)C)cc1. The molecule has 1 fully saturated rings. The van der Waals surface area contributed by atoms with E-state index in [0.717, 1.165) is 18.8 Å². The van der Waals surface area contributed by atoms with Gasteiger partial charge in [-0.25, -0.2) is 0 Å². The van der Waals surface area contributed by atoms with E-state index in [1.807, 2.05) is 57.2 Å². The minimum atomic E-state index is -0.809. The number of hydrogen-bond donors (Lipinski definition) is 3. The minimum Gasteiger partial charge on any atom is -0.394 e. The third-order valence-corrected chi connectivity index (χ3v) is 7.64. The van der Waals surface area contributed by atoms with Crippen molar-refractivity contribution in [2.24, 2.45) is 29.6 Å². The van der Waals surface area contributed by atoms with Gasteiger partial charge in [0.05, 0.1) is 24.5 Å². The molecule has 1 aromatic carbocycles. The summed E-state index contributed by atoms with van der Waals surface area (Å²) in [4.78, 5) is 44.2. The Bertz CT molecular complexity index is 957. The van der Waals surface area contributed by atoms with Gasteiger partial charge in [0.1, 0.15) is 6.04 Å². The second-order valence-electron chi connectivity index (χ2n) is 10.4. The van der Waals surface area contributed by atoms with E-state index >= 15 is 0 Å². The lowest BCUT2D eigenvalue weighted by atomic mass is 9.70. The van der Waals surface area contributed by atoms with Gasteiger partial charge in [0.25, 0.3) is 0 Å². The Kier molecular flexibility index (Phi) is 9.17. The van der Waals surface area contributed by atoms with Crippen LogP contribution in [0.5, 0.6) is 0 Å². The number of aliphatic hydroxyl groups is 1. The predicted octanol–water partition coefficient (Wildman–Crippen LogP) is 2.89. The second kappa shape index (κ2) is 11.9. The number of allylic oxidation sites excluding steroid dienone is 1. The minimum absolute atomic E-state index is 0.135. The monoisotopic (exact) mass is 498 g/mol. The van der Waals surface area contributed by atoms with Gasteiger partial charge in [-0.15, -0.1) is 0 Å². The van der Waals surface area contributed by atoms with Gasteiger partial charge in [-0.05, 0) is 56.4 Å². The number of amides is 3. The van der Waals surface area contributed by atoms with E-state index in [4.69, 9.17) is 0 Å². The summed E-state index contributed by atoms with van der Waals surface area (Å²) in [5, 5.41) is 16.0. The Morgan fingerprint density at radius 1 is 1.08 bits per heavy atom. The molecular weight excluding hydrogens is 456 g/mol. The zero-order valence-electron chi connectivity index (χ0n) is 22.4. The van der Waals surface area contributed by atoms with Crippen LogP contribution in [0, 0.1) is 29.6 Å². The van der Waals surface area contributed by atoms with E-state index in [2.05, 4.69) is 29.4 Å². The summed E-state index contributed by atoms with van der Waals surface area (Å²) in [6.07, 6.45) is 4.42. The van der Waals surface area contributed by atoms with Crippen molar-refractivity contribution in [3.8, 4) is 0 Å². The number of carbonyl (C=O) groups is 3. The zero-order chi connectivity index (χ0) is 26.6. The van der Waals surface area contributed by atoms with Gasteiger partial charge in [-0.2, -0.15) is 0 Å². The quantitative estimate of drug-likeness (QED) is 0.431. The fourth-order valence-electron chi connectivity index (χ4n) is 5.88. The molecule has 1 heterocycles. The van der Waals surface area contributed by atoms with Crippen molar-refractivity contribution in [3.63, 3.8) is 0 Å². The average molecular weight is 499 g/mol. The lowest BCUT2D eigenvalue weighted by molar-refractivity contribution is -0.142. The first-order valence-electron chi connectivity index (χ1n) is 13.2.